The van der Waals surface area contributed by atoms with Gasteiger partial charge in [0.05, 0.1) is 50.1 Å². The van der Waals surface area contributed by atoms with E-state index in [1.54, 1.807) is 15.7 Å². The lowest BCUT2D eigenvalue weighted by Crippen LogP contribution is -2.44. The van der Waals surface area contributed by atoms with E-state index in [1.807, 2.05) is 13.8 Å². The fraction of sp³-hybridized carbons (Fsp3) is 0.615. The van der Waals surface area contributed by atoms with Crippen LogP contribution in [-0.2, 0) is 42.9 Å². The van der Waals surface area contributed by atoms with Crippen LogP contribution < -0.4 is 0 Å². The molecule has 2 fully saturated rings. The number of nitrogens with zero attached hydrogens (tertiary/aromatic N) is 4. The van der Waals surface area contributed by atoms with E-state index in [4.69, 9.17) is 9.47 Å². The van der Waals surface area contributed by atoms with Crippen molar-refractivity contribution < 1.29 is 27.1 Å². The highest BCUT2D eigenvalue weighted by molar-refractivity contribution is 7.90. The predicted octanol–water partition coefficient (Wildman–Crippen LogP) is 2.49. The van der Waals surface area contributed by atoms with Crippen molar-refractivity contribution in [3.8, 4) is 0 Å². The van der Waals surface area contributed by atoms with Crippen LogP contribution in [0.2, 0.25) is 0 Å². The standard InChI is InChI=1S/C26H37FN4O5S/c1-20(2)25(32)30(10-9-29-11-14-35-15-12-29)17-23-16-28-26(31(23)18-24-4-3-13-36-24)37(33,34)19-21-5-7-22(27)8-6-21/h5-8,16,20,24H,3-4,9-15,17-19H2,1-2H3/t24-/m1/s1. The van der Waals surface area contributed by atoms with Crippen LogP contribution >= 0.6 is 0 Å². The van der Waals surface area contributed by atoms with Gasteiger partial charge in [0.25, 0.3) is 0 Å². The summed E-state index contributed by atoms with van der Waals surface area (Å²) in [5.41, 5.74) is 1.14. The molecule has 9 nitrogen and oxygen atoms in total. The molecule has 2 aromatic rings. The quantitative estimate of drug-likeness (QED) is 0.436. The number of aromatic nitrogens is 2. The molecule has 1 aromatic heterocycles. The lowest BCUT2D eigenvalue weighted by Gasteiger charge is -2.31. The first-order chi connectivity index (χ1) is 17.7. The molecule has 11 heteroatoms. The lowest BCUT2D eigenvalue weighted by atomic mass is 10.2. The minimum atomic E-state index is -3.83. The molecule has 1 amide bonds. The van der Waals surface area contributed by atoms with Crippen LogP contribution in [0.25, 0.3) is 0 Å². The van der Waals surface area contributed by atoms with E-state index < -0.39 is 15.7 Å². The first kappa shape index (κ1) is 27.7. The maximum absolute atomic E-state index is 13.4. The van der Waals surface area contributed by atoms with Gasteiger partial charge in [-0.3, -0.25) is 9.69 Å². The van der Waals surface area contributed by atoms with E-state index in [-0.39, 0.29) is 35.4 Å². The van der Waals surface area contributed by atoms with E-state index in [0.717, 1.165) is 32.5 Å². The van der Waals surface area contributed by atoms with Gasteiger partial charge in [-0.05, 0) is 30.5 Å². The molecule has 1 aromatic carbocycles. The number of hydrogen-bond acceptors (Lipinski definition) is 7. The van der Waals surface area contributed by atoms with Crippen molar-refractivity contribution in [2.45, 2.75) is 56.8 Å². The van der Waals surface area contributed by atoms with Crippen LogP contribution in [0.15, 0.2) is 35.6 Å². The number of amides is 1. The van der Waals surface area contributed by atoms with Crippen molar-refractivity contribution in [3.05, 3.63) is 47.5 Å². The summed E-state index contributed by atoms with van der Waals surface area (Å²) in [5.74, 6) is -0.897. The molecule has 2 aliphatic rings. The Kier molecular flexibility index (Phi) is 9.33. The lowest BCUT2D eigenvalue weighted by molar-refractivity contribution is -0.135. The summed E-state index contributed by atoms with van der Waals surface area (Å²) in [7, 11) is -3.83. The molecule has 2 aliphatic heterocycles. The molecule has 4 rings (SSSR count). The molecule has 3 heterocycles. The maximum Gasteiger partial charge on any atom is 0.228 e. The second-order valence-electron chi connectivity index (χ2n) is 10.0. The molecule has 204 valence electrons. The molecule has 0 aliphatic carbocycles. The highest BCUT2D eigenvalue weighted by atomic mass is 32.2. The molecule has 2 saturated heterocycles. The summed E-state index contributed by atoms with van der Waals surface area (Å²) in [5, 5.41) is -0.0487. The van der Waals surface area contributed by atoms with Crippen molar-refractivity contribution in [2.24, 2.45) is 5.92 Å². The average molecular weight is 537 g/mol. The van der Waals surface area contributed by atoms with Crippen molar-refractivity contribution in [2.75, 3.05) is 46.0 Å². The van der Waals surface area contributed by atoms with Gasteiger partial charge in [0, 0.05) is 38.7 Å². The first-order valence-electron chi connectivity index (χ1n) is 12.9. The van der Waals surface area contributed by atoms with Gasteiger partial charge in [0.15, 0.2) is 0 Å². The summed E-state index contributed by atoms with van der Waals surface area (Å²) < 4.78 is 53.2. The van der Waals surface area contributed by atoms with Gasteiger partial charge in [-0.15, -0.1) is 0 Å². The number of carbonyl (C=O) groups excluding carboxylic acids is 1. The Labute approximate surface area is 218 Å². The number of ether oxygens (including phenoxy) is 2. The molecule has 0 unspecified atom stereocenters. The molecule has 0 spiro atoms. The van der Waals surface area contributed by atoms with Crippen molar-refractivity contribution >= 4 is 15.7 Å². The number of halogens is 1. The van der Waals surface area contributed by atoms with Crippen LogP contribution in [0.5, 0.6) is 0 Å². The Morgan fingerprint density at radius 1 is 1.19 bits per heavy atom. The van der Waals surface area contributed by atoms with Crippen LogP contribution in [-0.4, -0.2) is 85.8 Å². The van der Waals surface area contributed by atoms with Gasteiger partial charge in [0.1, 0.15) is 5.82 Å². The highest BCUT2D eigenvalue weighted by Crippen LogP contribution is 2.23. The summed E-state index contributed by atoms with van der Waals surface area (Å²) in [6, 6.07) is 5.43. The van der Waals surface area contributed by atoms with E-state index in [9.17, 15) is 17.6 Å². The van der Waals surface area contributed by atoms with Crippen molar-refractivity contribution in [1.29, 1.82) is 0 Å². The largest absolute Gasteiger partial charge is 0.379 e. The third kappa shape index (κ3) is 7.37. The van der Waals surface area contributed by atoms with Gasteiger partial charge in [-0.25, -0.2) is 17.8 Å². The molecular formula is C26H37FN4O5S. The Morgan fingerprint density at radius 3 is 2.57 bits per heavy atom. The smallest absolute Gasteiger partial charge is 0.228 e. The monoisotopic (exact) mass is 536 g/mol. The Balaban J connectivity index is 1.59. The number of morpholine rings is 1. The molecule has 1 atom stereocenters. The van der Waals surface area contributed by atoms with Gasteiger partial charge in [-0.2, -0.15) is 0 Å². The molecular weight excluding hydrogens is 499 g/mol. The Morgan fingerprint density at radius 2 is 1.92 bits per heavy atom. The predicted molar refractivity (Wildman–Crippen MR) is 136 cm³/mol. The fourth-order valence-electron chi connectivity index (χ4n) is 4.73. The second-order valence-corrected chi connectivity index (χ2v) is 11.9. The third-order valence-electron chi connectivity index (χ3n) is 6.81. The highest BCUT2D eigenvalue weighted by Gasteiger charge is 2.29. The van der Waals surface area contributed by atoms with Gasteiger partial charge in [0.2, 0.25) is 20.9 Å². The van der Waals surface area contributed by atoms with Crippen LogP contribution in [0.3, 0.4) is 0 Å². The number of imidazole rings is 1. The zero-order chi connectivity index (χ0) is 26.4. The van der Waals surface area contributed by atoms with Crippen molar-refractivity contribution in [3.63, 3.8) is 0 Å². The van der Waals surface area contributed by atoms with Crippen LogP contribution in [0, 0.1) is 11.7 Å². The number of hydrogen-bond donors (Lipinski definition) is 0. The van der Waals surface area contributed by atoms with E-state index in [2.05, 4.69) is 9.88 Å². The van der Waals surface area contributed by atoms with E-state index in [0.29, 0.717) is 44.2 Å². The summed E-state index contributed by atoms with van der Waals surface area (Å²) in [4.78, 5) is 21.5. The topological polar surface area (TPSA) is 94.0 Å². The number of benzene rings is 1. The van der Waals surface area contributed by atoms with E-state index >= 15 is 0 Å². The average Bonchev–Trinajstić information content (AvgIpc) is 3.54. The first-order valence-corrected chi connectivity index (χ1v) is 14.6. The number of carbonyl (C=O) groups is 1. The molecule has 0 saturated carbocycles. The maximum atomic E-state index is 13.4. The summed E-state index contributed by atoms with van der Waals surface area (Å²) in [6.45, 7) is 9.25. The zero-order valence-electron chi connectivity index (χ0n) is 21.6. The fourth-order valence-corrected chi connectivity index (χ4v) is 6.23. The van der Waals surface area contributed by atoms with Crippen LogP contribution in [0.4, 0.5) is 4.39 Å². The normalized spacial score (nSPS) is 19.0. The molecule has 0 N–H and O–H groups in total. The number of rotatable bonds is 11. The minimum absolute atomic E-state index is 0.00819. The minimum Gasteiger partial charge on any atom is -0.379 e. The van der Waals surface area contributed by atoms with Gasteiger partial charge < -0.3 is 18.9 Å². The van der Waals surface area contributed by atoms with Crippen LogP contribution in [0.1, 0.15) is 37.9 Å². The molecule has 37 heavy (non-hydrogen) atoms. The van der Waals surface area contributed by atoms with Gasteiger partial charge >= 0.3 is 0 Å². The molecule has 0 bridgehead atoms. The van der Waals surface area contributed by atoms with Gasteiger partial charge in [-0.1, -0.05) is 26.0 Å². The summed E-state index contributed by atoms with van der Waals surface area (Å²) >= 11 is 0. The Hall–Kier alpha value is -2.34. The van der Waals surface area contributed by atoms with E-state index in [1.165, 1.54) is 24.3 Å². The summed E-state index contributed by atoms with van der Waals surface area (Å²) in [6.07, 6.45) is 3.20. The SMILES string of the molecule is CC(C)C(=O)N(CCN1CCOCC1)Cc1cnc(S(=O)(=O)Cc2ccc(F)cc2)n1C[C@H]1CCCO1. The zero-order valence-corrected chi connectivity index (χ0v) is 22.5. The Bertz CT molecular complexity index is 1140. The second kappa shape index (κ2) is 12.5. The third-order valence-corrected chi connectivity index (χ3v) is 8.40. The number of sulfone groups is 1. The molecule has 0 radical (unpaired) electrons. The van der Waals surface area contributed by atoms with Crippen molar-refractivity contribution in [1.82, 2.24) is 19.4 Å².